The first-order valence-electron chi connectivity index (χ1n) is 8.17. The molecule has 1 aromatic carbocycles. The number of anilines is 1. The molecule has 1 fully saturated rings. The molecule has 0 N–H and O–H groups in total. The van der Waals surface area contributed by atoms with Crippen molar-refractivity contribution in [1.29, 1.82) is 0 Å². The number of rotatable bonds is 4. The molecule has 1 nitrogen and oxygen atoms in total. The van der Waals surface area contributed by atoms with Crippen molar-refractivity contribution in [3.05, 3.63) is 29.8 Å². The fourth-order valence-corrected chi connectivity index (χ4v) is 21.2. The maximum atomic E-state index is 2.66. The summed E-state index contributed by atoms with van der Waals surface area (Å²) in [6.07, 6.45) is 1.36. The van der Waals surface area contributed by atoms with Crippen LogP contribution < -0.4 is 4.90 Å². The molecule has 2 rings (SSSR count). The Kier molecular flexibility index (Phi) is 5.53. The Hall–Kier alpha value is 0.154. The molecular weight excluding hydrogens is 339 g/mol. The van der Waals surface area contributed by atoms with Gasteiger partial charge < -0.3 is 4.90 Å². The molecule has 0 spiro atoms. The van der Waals surface area contributed by atoms with Crippen LogP contribution in [0.5, 0.6) is 0 Å². The highest BCUT2D eigenvalue weighted by Crippen LogP contribution is 2.58. The topological polar surface area (TPSA) is 3.24 Å². The van der Waals surface area contributed by atoms with E-state index in [0.717, 1.165) is 0 Å². The average Bonchev–Trinajstić information content (AvgIpc) is 2.46. The number of nitrogens with zero attached hydrogens (tertiary/aromatic N) is 1. The predicted octanol–water partition coefficient (Wildman–Crippen LogP) is 5.44. The van der Waals surface area contributed by atoms with E-state index in [1.54, 1.807) is 5.56 Å². The smallest absolute Gasteiger partial charge is 0.0773 e. The molecule has 124 valence electrons. The van der Waals surface area contributed by atoms with E-state index in [1.807, 2.05) is 0 Å². The standard InChI is InChI=1S/C17H31NS2Si2/c1-18(2)16-11-9-15(10-12-16)17(19-13-8-14-20-17)22(6,7)21(3,4)5/h9-12H,8,13-14H2,1-7H3. The summed E-state index contributed by atoms with van der Waals surface area (Å²) in [5.41, 5.74) is 2.88. The highest BCUT2D eigenvalue weighted by Gasteiger charge is 2.56. The summed E-state index contributed by atoms with van der Waals surface area (Å²) in [5.74, 6) is 2.65. The fourth-order valence-electron chi connectivity index (χ4n) is 2.89. The van der Waals surface area contributed by atoms with Crippen LogP contribution in [0.3, 0.4) is 0 Å². The second kappa shape index (κ2) is 6.57. The van der Waals surface area contributed by atoms with Gasteiger partial charge >= 0.3 is 0 Å². The van der Waals surface area contributed by atoms with Gasteiger partial charge in [0.05, 0.1) is 11.3 Å². The molecule has 1 heterocycles. The minimum Gasteiger partial charge on any atom is -0.378 e. The summed E-state index contributed by atoms with van der Waals surface area (Å²) in [5, 5.41) is 0. The molecule has 0 unspecified atom stereocenters. The molecule has 22 heavy (non-hydrogen) atoms. The molecule has 0 aromatic heterocycles. The Morgan fingerprint density at radius 1 is 0.909 bits per heavy atom. The van der Waals surface area contributed by atoms with Crippen molar-refractivity contribution in [2.45, 2.75) is 42.9 Å². The van der Waals surface area contributed by atoms with Crippen LogP contribution in [0.2, 0.25) is 32.7 Å². The van der Waals surface area contributed by atoms with E-state index in [2.05, 4.69) is 99.5 Å². The zero-order valence-corrected chi connectivity index (χ0v) is 18.8. The zero-order chi connectivity index (χ0) is 16.6. The Balaban J connectivity index is 2.50. The molecule has 0 bridgehead atoms. The fraction of sp³-hybridized carbons (Fsp3) is 0.647. The molecule has 1 aromatic rings. The van der Waals surface area contributed by atoms with Gasteiger partial charge in [0.1, 0.15) is 0 Å². The van der Waals surface area contributed by atoms with E-state index in [0.29, 0.717) is 3.70 Å². The van der Waals surface area contributed by atoms with Crippen LogP contribution in [-0.2, 0) is 3.70 Å². The molecule has 1 saturated heterocycles. The van der Waals surface area contributed by atoms with E-state index in [4.69, 9.17) is 0 Å². The first-order chi connectivity index (χ1) is 10.1. The normalized spacial score (nSPS) is 19.0. The molecule has 0 atom stereocenters. The third-order valence-corrected chi connectivity index (χ3v) is 31.4. The number of thioether (sulfide) groups is 2. The number of benzene rings is 1. The maximum Gasteiger partial charge on any atom is 0.0773 e. The van der Waals surface area contributed by atoms with Crippen LogP contribution in [-0.4, -0.2) is 40.8 Å². The zero-order valence-electron chi connectivity index (χ0n) is 15.2. The van der Waals surface area contributed by atoms with E-state index in [9.17, 15) is 0 Å². The van der Waals surface area contributed by atoms with Gasteiger partial charge in [0.2, 0.25) is 0 Å². The molecule has 0 saturated carbocycles. The minimum absolute atomic E-state index is 0.348. The summed E-state index contributed by atoms with van der Waals surface area (Å²) in [6.45, 7) is 13.1. The van der Waals surface area contributed by atoms with Gasteiger partial charge in [-0.25, -0.2) is 0 Å². The Labute approximate surface area is 147 Å². The van der Waals surface area contributed by atoms with Crippen LogP contribution in [0.25, 0.3) is 0 Å². The van der Waals surface area contributed by atoms with Crippen molar-refractivity contribution in [1.82, 2.24) is 0 Å². The van der Waals surface area contributed by atoms with E-state index in [-0.39, 0.29) is 0 Å². The summed E-state index contributed by atoms with van der Waals surface area (Å²) in [7, 11) is 1.68. The summed E-state index contributed by atoms with van der Waals surface area (Å²) < 4.78 is 0.348. The van der Waals surface area contributed by atoms with Gasteiger partial charge in [-0.15, -0.1) is 23.5 Å². The van der Waals surface area contributed by atoms with Crippen LogP contribution in [0, 0.1) is 0 Å². The minimum atomic E-state index is -1.39. The average molecular weight is 370 g/mol. The third-order valence-electron chi connectivity index (χ3n) is 5.36. The van der Waals surface area contributed by atoms with Crippen molar-refractivity contribution < 1.29 is 0 Å². The SMILES string of the molecule is CN(C)c1ccc(C2([Si](C)(C)[Si](C)(C)C)SCCCS2)cc1. The molecule has 1 aliphatic heterocycles. The second-order valence-corrected chi connectivity index (χ2v) is 28.3. The van der Waals surface area contributed by atoms with Gasteiger partial charge in [-0.2, -0.15) is 0 Å². The van der Waals surface area contributed by atoms with E-state index in [1.165, 1.54) is 23.6 Å². The molecule has 0 radical (unpaired) electrons. The number of hydrogen-bond acceptors (Lipinski definition) is 3. The maximum absolute atomic E-state index is 2.66. The third kappa shape index (κ3) is 3.19. The summed E-state index contributed by atoms with van der Waals surface area (Å²) >= 11 is 4.52. The Morgan fingerprint density at radius 3 is 1.82 bits per heavy atom. The predicted molar refractivity (Wildman–Crippen MR) is 113 cm³/mol. The first kappa shape index (κ1) is 18.5. The van der Waals surface area contributed by atoms with Crippen LogP contribution in [0.1, 0.15) is 12.0 Å². The largest absolute Gasteiger partial charge is 0.378 e. The molecule has 0 amide bonds. The molecular formula is C17H31NS2Si2. The lowest BCUT2D eigenvalue weighted by molar-refractivity contribution is 1.06. The van der Waals surface area contributed by atoms with Crippen molar-refractivity contribution in [3.63, 3.8) is 0 Å². The van der Waals surface area contributed by atoms with Gasteiger partial charge in [0.25, 0.3) is 0 Å². The lowest BCUT2D eigenvalue weighted by atomic mass is 10.2. The van der Waals surface area contributed by atoms with Crippen LogP contribution in [0.4, 0.5) is 5.69 Å². The highest BCUT2D eigenvalue weighted by atomic mass is 32.2. The highest BCUT2D eigenvalue weighted by molar-refractivity contribution is 8.21. The first-order valence-corrected chi connectivity index (χ1v) is 17.6. The van der Waals surface area contributed by atoms with Crippen molar-refractivity contribution in [2.75, 3.05) is 30.5 Å². The van der Waals surface area contributed by atoms with Crippen LogP contribution >= 0.6 is 23.5 Å². The Morgan fingerprint density at radius 2 is 1.41 bits per heavy atom. The summed E-state index contributed by atoms with van der Waals surface area (Å²) in [4.78, 5) is 2.19. The number of hydrogen-bond donors (Lipinski definition) is 0. The summed E-state index contributed by atoms with van der Waals surface area (Å²) in [6, 6.07) is 9.44. The molecule has 0 aliphatic carbocycles. The lowest BCUT2D eigenvalue weighted by Gasteiger charge is -2.53. The van der Waals surface area contributed by atoms with Crippen molar-refractivity contribution in [2.24, 2.45) is 0 Å². The monoisotopic (exact) mass is 369 g/mol. The van der Waals surface area contributed by atoms with E-state index < -0.39 is 15.2 Å². The molecule has 5 heteroatoms. The van der Waals surface area contributed by atoms with Gasteiger partial charge in [0.15, 0.2) is 0 Å². The lowest BCUT2D eigenvalue weighted by Crippen LogP contribution is -2.64. The van der Waals surface area contributed by atoms with Crippen molar-refractivity contribution >= 4 is 44.4 Å². The Bertz CT molecular complexity index is 500. The van der Waals surface area contributed by atoms with E-state index >= 15 is 0 Å². The molecule has 1 aliphatic rings. The van der Waals surface area contributed by atoms with Gasteiger partial charge in [-0.05, 0) is 35.6 Å². The van der Waals surface area contributed by atoms with Gasteiger partial charge in [-0.3, -0.25) is 0 Å². The van der Waals surface area contributed by atoms with Crippen molar-refractivity contribution in [3.8, 4) is 0 Å². The van der Waals surface area contributed by atoms with Crippen LogP contribution in [0.15, 0.2) is 24.3 Å². The van der Waals surface area contributed by atoms with Gasteiger partial charge in [0, 0.05) is 27.4 Å². The second-order valence-electron chi connectivity index (χ2n) is 7.98. The van der Waals surface area contributed by atoms with Gasteiger partial charge in [-0.1, -0.05) is 44.9 Å². The quantitative estimate of drug-likeness (QED) is 0.651.